The van der Waals surface area contributed by atoms with E-state index < -0.39 is 0 Å². The molecule has 0 bridgehead atoms. The minimum Gasteiger partial charge on any atom is -0.376 e. The molecule has 1 aliphatic rings. The van der Waals surface area contributed by atoms with Crippen molar-refractivity contribution in [1.29, 1.82) is 0 Å². The van der Waals surface area contributed by atoms with Crippen LogP contribution in [0, 0.1) is 0 Å². The van der Waals surface area contributed by atoms with Crippen molar-refractivity contribution in [3.8, 4) is 0 Å². The molecule has 0 aliphatic heterocycles. The first-order valence-electron chi connectivity index (χ1n) is 7.92. The van der Waals surface area contributed by atoms with Crippen LogP contribution in [0.3, 0.4) is 0 Å². The van der Waals surface area contributed by atoms with E-state index in [1.165, 1.54) is 22.8 Å². The molecule has 0 radical (unpaired) electrons. The number of nitrogens with zero attached hydrogens (tertiary/aromatic N) is 1. The van der Waals surface area contributed by atoms with Crippen molar-refractivity contribution in [2.45, 2.75) is 44.2 Å². The maximum absolute atomic E-state index is 5.95. The Bertz CT molecular complexity index is 596. The van der Waals surface area contributed by atoms with Crippen molar-refractivity contribution in [2.24, 2.45) is 0 Å². The van der Waals surface area contributed by atoms with E-state index in [-0.39, 0.29) is 11.6 Å². The quantitative estimate of drug-likeness (QED) is 0.875. The van der Waals surface area contributed by atoms with Gasteiger partial charge in [-0.3, -0.25) is 4.98 Å². The fraction of sp³-hybridized carbons (Fsp3) is 0.500. The fourth-order valence-electron chi connectivity index (χ4n) is 3.39. The first-order valence-corrected chi connectivity index (χ1v) is 7.92. The van der Waals surface area contributed by atoms with Crippen LogP contribution in [0.5, 0.6) is 0 Å². The highest BCUT2D eigenvalue weighted by molar-refractivity contribution is 5.85. The number of aromatic nitrogens is 1. The van der Waals surface area contributed by atoms with E-state index in [1.807, 2.05) is 19.5 Å². The van der Waals surface area contributed by atoms with Crippen LogP contribution < -0.4 is 5.32 Å². The van der Waals surface area contributed by atoms with Gasteiger partial charge in [0.05, 0.1) is 11.6 Å². The van der Waals surface area contributed by atoms with Crippen LogP contribution in [-0.2, 0) is 4.74 Å². The summed E-state index contributed by atoms with van der Waals surface area (Å²) in [5, 5.41) is 6.20. The maximum Gasteiger partial charge on any atom is 0.0872 e. The molecular weight excluding hydrogens is 260 g/mol. The predicted octanol–water partition coefficient (Wildman–Crippen LogP) is 3.84. The molecule has 3 rings (SSSR count). The number of pyridine rings is 1. The summed E-state index contributed by atoms with van der Waals surface area (Å²) in [6, 6.07) is 8.83. The highest BCUT2D eigenvalue weighted by Crippen LogP contribution is 2.46. The number of rotatable bonds is 6. The number of methoxy groups -OCH3 is 1. The third kappa shape index (κ3) is 2.56. The second-order valence-electron chi connectivity index (χ2n) is 5.95. The summed E-state index contributed by atoms with van der Waals surface area (Å²) in [7, 11) is 1.85. The van der Waals surface area contributed by atoms with Crippen LogP contribution in [0.4, 0.5) is 0 Å². The average molecular weight is 284 g/mol. The second-order valence-corrected chi connectivity index (χ2v) is 5.95. The Kier molecular flexibility index (Phi) is 4.22. The number of hydrogen-bond donors (Lipinski definition) is 1. The first-order chi connectivity index (χ1) is 10.3. The largest absolute Gasteiger partial charge is 0.376 e. The van der Waals surface area contributed by atoms with Gasteiger partial charge >= 0.3 is 0 Å². The van der Waals surface area contributed by atoms with E-state index in [0.717, 1.165) is 25.8 Å². The lowest BCUT2D eigenvalue weighted by Crippen LogP contribution is -2.50. The summed E-state index contributed by atoms with van der Waals surface area (Å²) in [4.78, 5) is 4.32. The Morgan fingerprint density at radius 3 is 2.86 bits per heavy atom. The van der Waals surface area contributed by atoms with Gasteiger partial charge in [-0.1, -0.05) is 25.1 Å². The van der Waals surface area contributed by atoms with E-state index in [2.05, 4.69) is 41.5 Å². The Balaban J connectivity index is 2.05. The average Bonchev–Trinajstić information content (AvgIpc) is 2.49. The monoisotopic (exact) mass is 284 g/mol. The molecule has 21 heavy (non-hydrogen) atoms. The molecule has 3 nitrogen and oxygen atoms in total. The zero-order chi connectivity index (χ0) is 14.7. The van der Waals surface area contributed by atoms with E-state index in [4.69, 9.17) is 4.74 Å². The topological polar surface area (TPSA) is 34.2 Å². The van der Waals surface area contributed by atoms with Gasteiger partial charge in [-0.05, 0) is 49.2 Å². The van der Waals surface area contributed by atoms with Crippen molar-refractivity contribution in [1.82, 2.24) is 10.3 Å². The van der Waals surface area contributed by atoms with Crippen LogP contribution in [0.15, 0.2) is 36.7 Å². The third-order valence-corrected chi connectivity index (χ3v) is 4.76. The molecule has 1 heterocycles. The molecule has 0 saturated heterocycles. The van der Waals surface area contributed by atoms with Gasteiger partial charge in [-0.25, -0.2) is 0 Å². The van der Waals surface area contributed by atoms with Crippen molar-refractivity contribution >= 4 is 10.8 Å². The number of ether oxygens (including phenoxy) is 1. The summed E-state index contributed by atoms with van der Waals surface area (Å²) >= 11 is 0. The minimum atomic E-state index is -0.0563. The Labute approximate surface area is 126 Å². The molecule has 2 aromatic rings. The Morgan fingerprint density at radius 1 is 1.33 bits per heavy atom. The van der Waals surface area contributed by atoms with Gasteiger partial charge < -0.3 is 10.1 Å². The molecule has 0 amide bonds. The number of fused-ring (bicyclic) bond motifs is 1. The molecular formula is C18H24N2O. The van der Waals surface area contributed by atoms with E-state index in [1.54, 1.807) is 0 Å². The van der Waals surface area contributed by atoms with Crippen LogP contribution in [0.25, 0.3) is 10.8 Å². The zero-order valence-electron chi connectivity index (χ0n) is 12.9. The van der Waals surface area contributed by atoms with Crippen LogP contribution in [0.2, 0.25) is 0 Å². The van der Waals surface area contributed by atoms with E-state index >= 15 is 0 Å². The van der Waals surface area contributed by atoms with Gasteiger partial charge in [-0.15, -0.1) is 0 Å². The lowest BCUT2D eigenvalue weighted by atomic mass is 9.71. The molecule has 0 spiro atoms. The zero-order valence-corrected chi connectivity index (χ0v) is 12.9. The molecule has 1 atom stereocenters. The lowest BCUT2D eigenvalue weighted by Gasteiger charge is -2.47. The van der Waals surface area contributed by atoms with Crippen molar-refractivity contribution in [3.05, 3.63) is 42.2 Å². The molecule has 112 valence electrons. The van der Waals surface area contributed by atoms with Gasteiger partial charge in [0, 0.05) is 24.9 Å². The number of nitrogens with one attached hydrogen (secondary N) is 1. The van der Waals surface area contributed by atoms with Gasteiger partial charge in [0.2, 0.25) is 0 Å². The third-order valence-electron chi connectivity index (χ3n) is 4.76. The number of hydrogen-bond acceptors (Lipinski definition) is 3. The highest BCUT2D eigenvalue weighted by atomic mass is 16.5. The van der Waals surface area contributed by atoms with Crippen molar-refractivity contribution < 1.29 is 4.74 Å². The SMILES string of the molecule is CCCNC(c1cccc2ccncc12)C1(OC)CCC1. The highest BCUT2D eigenvalue weighted by Gasteiger charge is 2.45. The standard InChI is InChI=1S/C18H24N2O/c1-3-11-20-17(18(21-2)9-5-10-18)15-7-4-6-14-8-12-19-13-16(14)15/h4,6-8,12-13,17,20H,3,5,9-11H2,1-2H3. The summed E-state index contributed by atoms with van der Waals surface area (Å²) < 4.78 is 5.95. The van der Waals surface area contributed by atoms with Gasteiger partial charge in [0.25, 0.3) is 0 Å². The summed E-state index contributed by atoms with van der Waals surface area (Å²) in [5.74, 6) is 0. The van der Waals surface area contributed by atoms with Gasteiger partial charge in [0.1, 0.15) is 0 Å². The molecule has 1 unspecified atom stereocenters. The molecule has 1 fully saturated rings. The van der Waals surface area contributed by atoms with E-state index in [9.17, 15) is 0 Å². The molecule has 1 aromatic heterocycles. The fourth-order valence-corrected chi connectivity index (χ4v) is 3.39. The molecule has 1 N–H and O–H groups in total. The van der Waals surface area contributed by atoms with Crippen molar-refractivity contribution in [3.63, 3.8) is 0 Å². The van der Waals surface area contributed by atoms with Gasteiger partial charge in [0.15, 0.2) is 0 Å². The Hall–Kier alpha value is -1.45. The molecule has 1 aromatic carbocycles. The lowest BCUT2D eigenvalue weighted by molar-refractivity contribution is -0.0994. The van der Waals surface area contributed by atoms with Gasteiger partial charge in [-0.2, -0.15) is 0 Å². The summed E-state index contributed by atoms with van der Waals surface area (Å²) in [6.45, 7) is 3.21. The normalized spacial score (nSPS) is 18.4. The summed E-state index contributed by atoms with van der Waals surface area (Å²) in [5.41, 5.74) is 1.26. The first kappa shape index (κ1) is 14.5. The number of benzene rings is 1. The smallest absolute Gasteiger partial charge is 0.0872 e. The van der Waals surface area contributed by atoms with Crippen LogP contribution >= 0.6 is 0 Å². The van der Waals surface area contributed by atoms with Crippen molar-refractivity contribution in [2.75, 3.05) is 13.7 Å². The molecule has 1 aliphatic carbocycles. The van der Waals surface area contributed by atoms with Crippen LogP contribution in [-0.4, -0.2) is 24.2 Å². The van der Waals surface area contributed by atoms with Crippen LogP contribution in [0.1, 0.15) is 44.2 Å². The second kappa shape index (κ2) is 6.12. The maximum atomic E-state index is 5.95. The predicted molar refractivity (Wildman–Crippen MR) is 86.4 cm³/mol. The Morgan fingerprint density at radius 2 is 2.19 bits per heavy atom. The molecule has 3 heteroatoms. The molecule has 1 saturated carbocycles. The summed E-state index contributed by atoms with van der Waals surface area (Å²) in [6.07, 6.45) is 8.47. The minimum absolute atomic E-state index is 0.0563. The van der Waals surface area contributed by atoms with E-state index in [0.29, 0.717) is 0 Å².